The summed E-state index contributed by atoms with van der Waals surface area (Å²) in [6.07, 6.45) is 6.95. The zero-order chi connectivity index (χ0) is 23.3. The Balaban J connectivity index is 1.32. The highest BCUT2D eigenvalue weighted by molar-refractivity contribution is 7.89. The normalized spacial score (nSPS) is 18.3. The van der Waals surface area contributed by atoms with Crippen molar-refractivity contribution in [3.8, 4) is 5.75 Å². The maximum atomic E-state index is 13.1. The van der Waals surface area contributed by atoms with Gasteiger partial charge in [0.05, 0.1) is 12.0 Å². The molecule has 0 radical (unpaired) electrons. The minimum Gasteiger partial charge on any atom is -0.497 e. The van der Waals surface area contributed by atoms with E-state index in [0.29, 0.717) is 24.6 Å². The van der Waals surface area contributed by atoms with E-state index in [1.165, 1.54) is 5.56 Å². The zero-order valence-corrected chi connectivity index (χ0v) is 20.2. The number of sulfonamides is 1. The monoisotopic (exact) mass is 470 g/mol. The van der Waals surface area contributed by atoms with Crippen LogP contribution < -0.4 is 4.74 Å². The summed E-state index contributed by atoms with van der Waals surface area (Å²) < 4.78 is 32.8. The average Bonchev–Trinajstić information content (AvgIpc) is 2.88. The molecule has 6 nitrogen and oxygen atoms in total. The molecule has 0 spiro atoms. The zero-order valence-electron chi connectivity index (χ0n) is 19.4. The second-order valence-corrected chi connectivity index (χ2v) is 11.1. The number of carbonyl (C=O) groups excluding carboxylic acids is 1. The number of methoxy groups -OCH3 is 1. The number of amides is 1. The summed E-state index contributed by atoms with van der Waals surface area (Å²) in [5.74, 6) is 1.40. The Hall–Kier alpha value is -2.38. The molecule has 0 unspecified atom stereocenters. The third kappa shape index (κ3) is 5.76. The van der Waals surface area contributed by atoms with Gasteiger partial charge in [-0.3, -0.25) is 4.79 Å². The third-order valence-electron chi connectivity index (χ3n) is 6.94. The molecule has 2 heterocycles. The SMILES string of the molecule is COc1ccc(CCC2CCN(C(=O)c3cccc(S(=O)(=O)N4CCCCC4)c3)CC2)cc1. The van der Waals surface area contributed by atoms with E-state index in [0.717, 1.165) is 63.8 Å². The van der Waals surface area contributed by atoms with Crippen LogP contribution in [0.15, 0.2) is 53.4 Å². The first kappa shape index (κ1) is 23.8. The van der Waals surface area contributed by atoms with Gasteiger partial charge in [-0.2, -0.15) is 4.31 Å². The van der Waals surface area contributed by atoms with Gasteiger partial charge in [-0.15, -0.1) is 0 Å². The summed E-state index contributed by atoms with van der Waals surface area (Å²) >= 11 is 0. The summed E-state index contributed by atoms with van der Waals surface area (Å²) in [5, 5.41) is 0. The lowest BCUT2D eigenvalue weighted by molar-refractivity contribution is 0.0686. The molecule has 33 heavy (non-hydrogen) atoms. The van der Waals surface area contributed by atoms with Gasteiger partial charge in [0.1, 0.15) is 5.75 Å². The number of aryl methyl sites for hydroxylation is 1. The van der Waals surface area contributed by atoms with Crippen LogP contribution in [0.4, 0.5) is 0 Å². The Bertz CT molecular complexity index is 1040. The molecular weight excluding hydrogens is 436 g/mol. The van der Waals surface area contributed by atoms with Crippen molar-refractivity contribution in [2.75, 3.05) is 33.3 Å². The number of nitrogens with zero attached hydrogens (tertiary/aromatic N) is 2. The van der Waals surface area contributed by atoms with Gasteiger partial charge in [-0.25, -0.2) is 8.42 Å². The van der Waals surface area contributed by atoms with E-state index in [2.05, 4.69) is 12.1 Å². The Morgan fingerprint density at radius 2 is 1.67 bits per heavy atom. The maximum absolute atomic E-state index is 13.1. The molecule has 2 aliphatic heterocycles. The van der Waals surface area contributed by atoms with E-state index in [4.69, 9.17) is 4.74 Å². The highest BCUT2D eigenvalue weighted by atomic mass is 32.2. The first-order chi connectivity index (χ1) is 16.0. The van der Waals surface area contributed by atoms with Crippen LogP contribution in [0.2, 0.25) is 0 Å². The van der Waals surface area contributed by atoms with Gasteiger partial charge in [0.25, 0.3) is 5.91 Å². The number of hydrogen-bond acceptors (Lipinski definition) is 4. The van der Waals surface area contributed by atoms with Gasteiger partial charge in [-0.05, 0) is 80.3 Å². The van der Waals surface area contributed by atoms with E-state index in [9.17, 15) is 13.2 Å². The number of hydrogen-bond donors (Lipinski definition) is 0. The second-order valence-electron chi connectivity index (χ2n) is 9.11. The molecular formula is C26H34N2O4S. The van der Waals surface area contributed by atoms with E-state index in [-0.39, 0.29) is 10.8 Å². The standard InChI is InChI=1S/C26H34N2O4S/c1-32-24-12-10-21(11-13-24)8-9-22-14-18-27(19-15-22)26(29)23-6-5-7-25(20-23)33(30,31)28-16-3-2-4-17-28/h5-7,10-13,20,22H,2-4,8-9,14-19H2,1H3. The summed E-state index contributed by atoms with van der Waals surface area (Å²) in [5.41, 5.74) is 1.77. The molecule has 0 aromatic heterocycles. The van der Waals surface area contributed by atoms with Crippen molar-refractivity contribution in [1.82, 2.24) is 9.21 Å². The molecule has 2 aromatic rings. The molecule has 0 saturated carbocycles. The quantitative estimate of drug-likeness (QED) is 0.603. The largest absolute Gasteiger partial charge is 0.497 e. The van der Waals surface area contributed by atoms with Gasteiger partial charge in [-0.1, -0.05) is 24.6 Å². The van der Waals surface area contributed by atoms with Crippen LogP contribution >= 0.6 is 0 Å². The van der Waals surface area contributed by atoms with E-state index >= 15 is 0 Å². The van der Waals surface area contributed by atoms with Gasteiger partial charge < -0.3 is 9.64 Å². The van der Waals surface area contributed by atoms with Crippen LogP contribution in [0.25, 0.3) is 0 Å². The molecule has 7 heteroatoms. The number of carbonyl (C=O) groups is 1. The highest BCUT2D eigenvalue weighted by Gasteiger charge is 2.28. The summed E-state index contributed by atoms with van der Waals surface area (Å²) in [7, 11) is -1.87. The fraction of sp³-hybridized carbons (Fsp3) is 0.500. The average molecular weight is 471 g/mol. The second kappa shape index (κ2) is 10.7. The Kier molecular flexibility index (Phi) is 7.71. The first-order valence-corrected chi connectivity index (χ1v) is 13.4. The topological polar surface area (TPSA) is 66.9 Å². The van der Waals surface area contributed by atoms with Crippen LogP contribution in [-0.2, 0) is 16.4 Å². The Morgan fingerprint density at radius 3 is 2.33 bits per heavy atom. The third-order valence-corrected chi connectivity index (χ3v) is 8.83. The molecule has 2 fully saturated rings. The predicted molar refractivity (Wildman–Crippen MR) is 129 cm³/mol. The summed E-state index contributed by atoms with van der Waals surface area (Å²) in [4.78, 5) is 15.2. The fourth-order valence-electron chi connectivity index (χ4n) is 4.81. The minimum atomic E-state index is -3.54. The number of ether oxygens (including phenoxy) is 1. The smallest absolute Gasteiger partial charge is 0.253 e. The van der Waals surface area contributed by atoms with Crippen LogP contribution in [0, 0.1) is 5.92 Å². The minimum absolute atomic E-state index is 0.0701. The number of rotatable bonds is 7. The van der Waals surface area contributed by atoms with Crippen molar-refractivity contribution in [3.05, 3.63) is 59.7 Å². The lowest BCUT2D eigenvalue weighted by Crippen LogP contribution is -2.39. The maximum Gasteiger partial charge on any atom is 0.253 e. The van der Waals surface area contributed by atoms with Crippen LogP contribution in [-0.4, -0.2) is 56.8 Å². The van der Waals surface area contributed by atoms with Crippen molar-refractivity contribution in [2.45, 2.75) is 49.8 Å². The van der Waals surface area contributed by atoms with Crippen LogP contribution in [0.3, 0.4) is 0 Å². The number of likely N-dealkylation sites (tertiary alicyclic amines) is 1. The number of benzene rings is 2. The van der Waals surface area contributed by atoms with E-state index < -0.39 is 10.0 Å². The molecule has 0 N–H and O–H groups in total. The predicted octanol–water partition coefficient (Wildman–Crippen LogP) is 4.35. The molecule has 0 aliphatic carbocycles. The fourth-order valence-corrected chi connectivity index (χ4v) is 6.38. The number of piperidine rings is 2. The Morgan fingerprint density at radius 1 is 0.970 bits per heavy atom. The molecule has 0 atom stereocenters. The summed E-state index contributed by atoms with van der Waals surface area (Å²) in [6.45, 7) is 2.56. The van der Waals surface area contributed by atoms with Gasteiger partial charge in [0, 0.05) is 31.7 Å². The van der Waals surface area contributed by atoms with Crippen LogP contribution in [0.5, 0.6) is 5.75 Å². The van der Waals surface area contributed by atoms with Crippen molar-refractivity contribution in [2.24, 2.45) is 5.92 Å². The van der Waals surface area contributed by atoms with Crippen molar-refractivity contribution in [1.29, 1.82) is 0 Å². The van der Waals surface area contributed by atoms with Gasteiger partial charge in [0.2, 0.25) is 10.0 Å². The van der Waals surface area contributed by atoms with Crippen LogP contribution in [0.1, 0.15) is 54.4 Å². The first-order valence-electron chi connectivity index (χ1n) is 12.0. The van der Waals surface area contributed by atoms with Gasteiger partial charge >= 0.3 is 0 Å². The van der Waals surface area contributed by atoms with Gasteiger partial charge in [0.15, 0.2) is 0 Å². The molecule has 0 bridgehead atoms. The summed E-state index contributed by atoms with van der Waals surface area (Å²) in [6, 6.07) is 14.8. The molecule has 2 aromatic carbocycles. The van der Waals surface area contributed by atoms with Crippen molar-refractivity contribution >= 4 is 15.9 Å². The molecule has 2 saturated heterocycles. The molecule has 1 amide bonds. The van der Waals surface area contributed by atoms with E-state index in [1.807, 2.05) is 17.0 Å². The molecule has 4 rings (SSSR count). The lowest BCUT2D eigenvalue weighted by Gasteiger charge is -2.32. The highest BCUT2D eigenvalue weighted by Crippen LogP contribution is 2.26. The lowest BCUT2D eigenvalue weighted by atomic mass is 9.90. The van der Waals surface area contributed by atoms with Crippen molar-refractivity contribution in [3.63, 3.8) is 0 Å². The molecule has 178 valence electrons. The van der Waals surface area contributed by atoms with Crippen molar-refractivity contribution < 1.29 is 17.9 Å². The Labute approximate surface area is 197 Å². The van der Waals surface area contributed by atoms with E-state index in [1.54, 1.807) is 35.7 Å². The molecule has 2 aliphatic rings.